The van der Waals surface area contributed by atoms with Crippen LogP contribution in [0.3, 0.4) is 0 Å². The summed E-state index contributed by atoms with van der Waals surface area (Å²) < 4.78 is 80.0. The monoisotopic (exact) mass is 1060 g/mol. The minimum Gasteiger partial charge on any atom is -0.489 e. The van der Waals surface area contributed by atoms with E-state index in [0.717, 1.165) is 70.2 Å². The van der Waals surface area contributed by atoms with Crippen molar-refractivity contribution in [2.75, 3.05) is 27.4 Å². The zero-order valence-electron chi connectivity index (χ0n) is 46.0. The molecule has 11 nitrogen and oxygen atoms in total. The van der Waals surface area contributed by atoms with Crippen LogP contribution in [0.2, 0.25) is 0 Å². The van der Waals surface area contributed by atoms with Crippen LogP contribution < -0.4 is 18.9 Å². The molecule has 2 unspecified atom stereocenters. The average Bonchev–Trinajstić information content (AvgIpc) is 4.37. The summed E-state index contributed by atoms with van der Waals surface area (Å²) in [5.74, 6) is 2.27. The summed E-state index contributed by atoms with van der Waals surface area (Å²) in [6.07, 6.45) is 6.76. The van der Waals surface area contributed by atoms with Crippen LogP contribution in [0.5, 0.6) is 23.3 Å². The van der Waals surface area contributed by atoms with Crippen LogP contribution in [0, 0.1) is 23.5 Å². The lowest BCUT2D eigenvalue weighted by atomic mass is 9.94. The number of aromatic nitrogens is 2. The van der Waals surface area contributed by atoms with Gasteiger partial charge in [-0.15, -0.1) is 0 Å². The van der Waals surface area contributed by atoms with E-state index in [9.17, 15) is 4.57 Å². The van der Waals surface area contributed by atoms with Crippen LogP contribution in [0.25, 0.3) is 22.3 Å². The van der Waals surface area contributed by atoms with E-state index in [1.807, 2.05) is 48.5 Å². The minimum atomic E-state index is -2.80. The smallest absolute Gasteiger partial charge is 0.319 e. The molecule has 0 saturated heterocycles. The molecule has 4 aromatic carbocycles. The van der Waals surface area contributed by atoms with Crippen molar-refractivity contribution < 1.29 is 41.3 Å². The molecule has 2 saturated carbocycles. The summed E-state index contributed by atoms with van der Waals surface area (Å²) in [5, 5.41) is 0. The van der Waals surface area contributed by atoms with E-state index in [4.69, 9.17) is 28.0 Å². The molecule has 0 aliphatic heterocycles. The number of hydrogen-bond donors (Lipinski definition) is 0. The van der Waals surface area contributed by atoms with Crippen molar-refractivity contribution in [1.82, 2.24) is 19.8 Å². The Kier molecular flexibility index (Phi) is 19.4. The lowest BCUT2D eigenvalue weighted by Crippen LogP contribution is -2.36. The summed E-state index contributed by atoms with van der Waals surface area (Å²) in [7, 11) is 0.258. The molecule has 406 valence electrons. The first-order valence-electron chi connectivity index (χ1n) is 27.0. The van der Waals surface area contributed by atoms with Gasteiger partial charge in [0.1, 0.15) is 36.3 Å². The molecule has 0 bridgehead atoms. The molecule has 2 aliphatic carbocycles. The number of rotatable bonds is 28. The second-order valence-electron chi connectivity index (χ2n) is 21.6. The zero-order valence-corrected chi connectivity index (χ0v) is 47.0. The van der Waals surface area contributed by atoms with Gasteiger partial charge in [0.05, 0.1) is 39.8 Å². The Morgan fingerprint density at radius 1 is 0.539 bits per heavy atom. The van der Waals surface area contributed by atoms with Crippen LogP contribution >= 0.6 is 8.25 Å². The van der Waals surface area contributed by atoms with Gasteiger partial charge in [0.2, 0.25) is 11.8 Å². The molecule has 2 aliphatic rings. The zero-order chi connectivity index (χ0) is 54.0. The fourth-order valence-electron chi connectivity index (χ4n) is 10.4. The molecule has 6 aromatic rings. The van der Waals surface area contributed by atoms with E-state index in [2.05, 4.69) is 112 Å². The van der Waals surface area contributed by atoms with Crippen molar-refractivity contribution in [3.05, 3.63) is 154 Å². The predicted molar refractivity (Wildman–Crippen MR) is 297 cm³/mol. The quantitative estimate of drug-likeness (QED) is 0.0439. The summed E-state index contributed by atoms with van der Waals surface area (Å²) in [6.45, 7) is 19.8. The molecule has 2 heterocycles. The van der Waals surface area contributed by atoms with Gasteiger partial charge in [-0.3, -0.25) is 14.4 Å². The first-order chi connectivity index (χ1) is 36.6. The lowest BCUT2D eigenvalue weighted by Gasteiger charge is -2.31. The van der Waals surface area contributed by atoms with Crippen LogP contribution in [-0.4, -0.2) is 71.4 Å². The highest BCUT2D eigenvalue weighted by Gasteiger charge is 2.35. The van der Waals surface area contributed by atoms with Crippen molar-refractivity contribution in [1.29, 1.82) is 0 Å². The minimum absolute atomic E-state index is 0.0709. The maximum Gasteiger partial charge on any atom is 0.319 e. The van der Waals surface area contributed by atoms with Gasteiger partial charge in [-0.2, -0.15) is 0 Å². The normalized spacial score (nSPS) is 15.0. The van der Waals surface area contributed by atoms with E-state index >= 15 is 8.78 Å². The first-order valence-corrected chi connectivity index (χ1v) is 28.2. The Morgan fingerprint density at radius 3 is 1.29 bits per heavy atom. The van der Waals surface area contributed by atoms with Gasteiger partial charge in [0.25, 0.3) is 0 Å². The maximum absolute atomic E-state index is 15.3. The summed E-state index contributed by atoms with van der Waals surface area (Å²) in [5.41, 5.74) is 8.55. The molecule has 2 aromatic heterocycles. The molecule has 0 radical (unpaired) electrons. The van der Waals surface area contributed by atoms with E-state index in [1.165, 1.54) is 26.6 Å². The maximum atomic E-state index is 15.3. The van der Waals surface area contributed by atoms with E-state index in [1.54, 1.807) is 12.1 Å². The van der Waals surface area contributed by atoms with Crippen molar-refractivity contribution in [2.24, 2.45) is 11.8 Å². The van der Waals surface area contributed by atoms with Crippen molar-refractivity contribution >= 4 is 8.25 Å². The fraction of sp³-hybridized carbons (Fsp3) is 0.452. The topological polar surface area (TPSA) is 105 Å². The third kappa shape index (κ3) is 14.9. The van der Waals surface area contributed by atoms with Gasteiger partial charge >= 0.3 is 8.25 Å². The highest BCUT2D eigenvalue weighted by atomic mass is 31.1. The van der Waals surface area contributed by atoms with Gasteiger partial charge < -0.3 is 28.0 Å². The highest BCUT2D eigenvalue weighted by molar-refractivity contribution is 7.33. The Labute approximate surface area is 450 Å². The largest absolute Gasteiger partial charge is 0.489 e. The van der Waals surface area contributed by atoms with E-state index in [-0.39, 0.29) is 36.0 Å². The molecular formula is C62H77F2N4O7P. The fourth-order valence-corrected chi connectivity index (χ4v) is 11.1. The summed E-state index contributed by atoms with van der Waals surface area (Å²) in [6, 6.07) is 32.8. The van der Waals surface area contributed by atoms with Gasteiger partial charge in [0.15, 0.2) is 0 Å². The Balaban J connectivity index is 0.892. The first kappa shape index (κ1) is 56.5. The average molecular weight is 1060 g/mol. The third-order valence-electron chi connectivity index (χ3n) is 14.9. The van der Waals surface area contributed by atoms with Crippen molar-refractivity contribution in [3.8, 4) is 45.5 Å². The Bertz CT molecular complexity index is 2700. The molecule has 2 atom stereocenters. The Morgan fingerprint density at radius 2 is 0.934 bits per heavy atom. The second-order valence-corrected chi connectivity index (χ2v) is 22.7. The lowest BCUT2D eigenvalue weighted by molar-refractivity contribution is 0.166. The standard InChI is InChI=1S/C62H77F2N4O7P/c1-39(2)67(40(3)4)33-49-27-51(21-23-53(49)55-29-61(70-9)65-31-59(55)63)72-35-43-13-11-15-47(25-43)57(45-17-18-45)37-74-76(69)75-38-58(46-19-20-46)48-16-12-14-44(26-48)36-73-52-22-24-54(56-30-62(71-10)66-32-60(56)64)50(28-52)34-68(41(5)6)42(7)8/h11-16,21-32,39-42,45-46,57-58,76H,17-20,33-38H2,1-10H3. The second kappa shape index (κ2) is 26.1. The number of methoxy groups -OCH3 is 2. The SMILES string of the molecule is COc1cc(-c2ccc(OCc3cccc(C(CO[PH](=O)OCC(c4cccc(COc5ccc(-c6cc(OC)ncc6F)c(CN(C(C)C)C(C)C)c5)c4)C4CC4)C4CC4)c3)cc2CN(C(C)C)C(C)C)c(F)cn1. The van der Waals surface area contributed by atoms with Gasteiger partial charge in [-0.25, -0.2) is 18.7 Å². The molecule has 14 heteroatoms. The number of nitrogens with zero attached hydrogens (tertiary/aromatic N) is 4. The molecule has 0 spiro atoms. The van der Waals surface area contributed by atoms with Gasteiger partial charge in [-0.05, 0) is 162 Å². The van der Waals surface area contributed by atoms with Crippen LogP contribution in [0.1, 0.15) is 126 Å². The van der Waals surface area contributed by atoms with Gasteiger partial charge in [0, 0.05) is 72.4 Å². The molecule has 0 amide bonds. The Hall–Kier alpha value is -5.69. The molecule has 76 heavy (non-hydrogen) atoms. The summed E-state index contributed by atoms with van der Waals surface area (Å²) in [4.78, 5) is 12.9. The van der Waals surface area contributed by atoms with Gasteiger partial charge in [-0.1, -0.05) is 60.7 Å². The number of benzene rings is 4. The molecule has 2 fully saturated rings. The predicted octanol–water partition coefficient (Wildman–Crippen LogP) is 14.6. The highest BCUT2D eigenvalue weighted by Crippen LogP contribution is 2.47. The number of ether oxygens (including phenoxy) is 4. The van der Waals surface area contributed by atoms with E-state index in [0.29, 0.717) is 85.7 Å². The van der Waals surface area contributed by atoms with Crippen molar-refractivity contribution in [2.45, 2.75) is 143 Å². The van der Waals surface area contributed by atoms with Crippen molar-refractivity contribution in [3.63, 3.8) is 0 Å². The van der Waals surface area contributed by atoms with Crippen LogP contribution in [0.4, 0.5) is 8.78 Å². The van der Waals surface area contributed by atoms with Crippen LogP contribution in [-0.2, 0) is 39.9 Å². The number of hydrogen-bond acceptors (Lipinski definition) is 11. The molecule has 0 N–H and O–H groups in total. The number of halogens is 2. The summed E-state index contributed by atoms with van der Waals surface area (Å²) >= 11 is 0. The van der Waals surface area contributed by atoms with Crippen LogP contribution in [0.15, 0.2) is 109 Å². The van der Waals surface area contributed by atoms with E-state index < -0.39 is 19.9 Å². The molecular weight excluding hydrogens is 982 g/mol. The molecule has 8 rings (SSSR count). The third-order valence-corrected chi connectivity index (χ3v) is 15.7. The number of pyridine rings is 2.